The minimum absolute atomic E-state index is 0.0914. The van der Waals surface area contributed by atoms with Gasteiger partial charge < -0.3 is 20.3 Å². The maximum absolute atomic E-state index is 14.2. The molecular weight excluding hydrogens is 325 g/mol. The Hall–Kier alpha value is -2.31. The lowest BCUT2D eigenvalue weighted by molar-refractivity contribution is -0.124. The smallest absolute Gasteiger partial charge is 0.318 e. The van der Waals surface area contributed by atoms with Crippen LogP contribution >= 0.6 is 0 Å². The van der Waals surface area contributed by atoms with Crippen molar-refractivity contribution < 1.29 is 18.7 Å². The Morgan fingerprint density at radius 3 is 2.76 bits per heavy atom. The fourth-order valence-corrected chi connectivity index (χ4v) is 3.26. The summed E-state index contributed by atoms with van der Waals surface area (Å²) >= 11 is 0. The molecular formula is C18H24FN3O3. The summed E-state index contributed by atoms with van der Waals surface area (Å²) in [6.45, 7) is 2.23. The quantitative estimate of drug-likeness (QED) is 0.857. The van der Waals surface area contributed by atoms with E-state index < -0.39 is 17.9 Å². The van der Waals surface area contributed by atoms with Gasteiger partial charge in [0.15, 0.2) is 0 Å². The normalized spacial score (nSPS) is 20.9. The molecule has 2 atom stereocenters. The first-order valence-electron chi connectivity index (χ1n) is 8.71. The molecule has 136 valence electrons. The molecule has 1 heterocycles. The van der Waals surface area contributed by atoms with Crippen LogP contribution in [0.5, 0.6) is 5.75 Å². The number of rotatable bonds is 5. The molecule has 1 aliphatic heterocycles. The highest BCUT2D eigenvalue weighted by Gasteiger charge is 2.37. The molecule has 6 nitrogen and oxygen atoms in total. The van der Waals surface area contributed by atoms with Gasteiger partial charge >= 0.3 is 6.03 Å². The Morgan fingerprint density at radius 1 is 1.32 bits per heavy atom. The molecule has 0 unspecified atom stereocenters. The van der Waals surface area contributed by atoms with E-state index in [0.717, 1.165) is 19.3 Å². The van der Waals surface area contributed by atoms with Gasteiger partial charge in [0.05, 0.1) is 18.7 Å². The first-order valence-corrected chi connectivity index (χ1v) is 8.71. The van der Waals surface area contributed by atoms with Crippen molar-refractivity contribution in [2.45, 2.75) is 50.7 Å². The minimum atomic E-state index is -0.573. The van der Waals surface area contributed by atoms with Crippen LogP contribution in [0.2, 0.25) is 0 Å². The Labute approximate surface area is 146 Å². The zero-order valence-electron chi connectivity index (χ0n) is 14.5. The van der Waals surface area contributed by atoms with Gasteiger partial charge in [-0.05, 0) is 44.7 Å². The topological polar surface area (TPSA) is 70.7 Å². The highest BCUT2D eigenvalue weighted by atomic mass is 19.1. The third-order valence-corrected chi connectivity index (χ3v) is 4.75. The maximum Gasteiger partial charge on any atom is 0.318 e. The SMILES string of the molecule is COc1cccc(F)c1[C@H](C)NC(=O)N1CCC[C@H]1C(=O)NC1CC1. The number of urea groups is 1. The van der Waals surface area contributed by atoms with Crippen molar-refractivity contribution >= 4 is 11.9 Å². The molecule has 7 heteroatoms. The molecule has 1 aromatic carbocycles. The average molecular weight is 349 g/mol. The van der Waals surface area contributed by atoms with E-state index in [1.54, 1.807) is 24.0 Å². The molecule has 1 aliphatic carbocycles. The third-order valence-electron chi connectivity index (χ3n) is 4.75. The van der Waals surface area contributed by atoms with Gasteiger partial charge in [-0.3, -0.25) is 4.79 Å². The second kappa shape index (κ2) is 7.29. The number of methoxy groups -OCH3 is 1. The van der Waals surface area contributed by atoms with Crippen LogP contribution in [-0.2, 0) is 4.79 Å². The van der Waals surface area contributed by atoms with Gasteiger partial charge in [0, 0.05) is 12.6 Å². The monoisotopic (exact) mass is 349 g/mol. The van der Waals surface area contributed by atoms with E-state index in [1.807, 2.05) is 0 Å². The summed E-state index contributed by atoms with van der Waals surface area (Å²) in [5.74, 6) is -0.139. The molecule has 1 saturated heterocycles. The fourth-order valence-electron chi connectivity index (χ4n) is 3.26. The van der Waals surface area contributed by atoms with E-state index in [2.05, 4.69) is 10.6 Å². The van der Waals surface area contributed by atoms with Crippen molar-refractivity contribution in [2.24, 2.45) is 0 Å². The second-order valence-corrected chi connectivity index (χ2v) is 6.66. The lowest BCUT2D eigenvalue weighted by Crippen LogP contribution is -2.50. The molecule has 1 saturated carbocycles. The molecule has 2 fully saturated rings. The van der Waals surface area contributed by atoms with E-state index in [0.29, 0.717) is 24.3 Å². The van der Waals surface area contributed by atoms with E-state index in [4.69, 9.17) is 4.74 Å². The van der Waals surface area contributed by atoms with E-state index in [1.165, 1.54) is 13.2 Å². The predicted molar refractivity (Wildman–Crippen MR) is 90.8 cm³/mol. The molecule has 3 rings (SSSR count). The summed E-state index contributed by atoms with van der Waals surface area (Å²) in [4.78, 5) is 26.5. The highest BCUT2D eigenvalue weighted by Crippen LogP contribution is 2.28. The molecule has 25 heavy (non-hydrogen) atoms. The van der Waals surface area contributed by atoms with Gasteiger partial charge in [-0.15, -0.1) is 0 Å². The van der Waals surface area contributed by atoms with Crippen LogP contribution in [0.25, 0.3) is 0 Å². The number of nitrogens with zero attached hydrogens (tertiary/aromatic N) is 1. The lowest BCUT2D eigenvalue weighted by Gasteiger charge is -2.27. The Balaban J connectivity index is 1.67. The molecule has 0 spiro atoms. The van der Waals surface area contributed by atoms with Crippen molar-refractivity contribution in [3.63, 3.8) is 0 Å². The molecule has 0 aromatic heterocycles. The molecule has 1 aromatic rings. The van der Waals surface area contributed by atoms with E-state index in [-0.39, 0.29) is 18.0 Å². The van der Waals surface area contributed by atoms with Crippen molar-refractivity contribution in [3.8, 4) is 5.75 Å². The maximum atomic E-state index is 14.2. The van der Waals surface area contributed by atoms with Crippen LogP contribution in [0.4, 0.5) is 9.18 Å². The van der Waals surface area contributed by atoms with Crippen LogP contribution < -0.4 is 15.4 Å². The van der Waals surface area contributed by atoms with Crippen molar-refractivity contribution in [2.75, 3.05) is 13.7 Å². The lowest BCUT2D eigenvalue weighted by atomic mass is 10.1. The summed E-state index contributed by atoms with van der Waals surface area (Å²) in [5.41, 5.74) is 0.302. The molecule has 0 radical (unpaired) electrons. The first kappa shape index (κ1) is 17.5. The number of carbonyl (C=O) groups excluding carboxylic acids is 2. The standard InChI is InChI=1S/C18H24FN3O3/c1-11(16-13(19)5-3-7-15(16)25-2)20-18(24)22-10-4-6-14(22)17(23)21-12-8-9-12/h3,5,7,11-12,14H,4,6,8-10H2,1-2H3,(H,20,24)(H,21,23)/t11-,14-/m0/s1. The van der Waals surface area contributed by atoms with Gasteiger partial charge in [0.25, 0.3) is 0 Å². The number of carbonyl (C=O) groups is 2. The van der Waals surface area contributed by atoms with Gasteiger partial charge in [-0.2, -0.15) is 0 Å². The molecule has 2 aliphatic rings. The van der Waals surface area contributed by atoms with Crippen LogP contribution in [0, 0.1) is 5.82 Å². The number of hydrogen-bond donors (Lipinski definition) is 2. The first-order chi connectivity index (χ1) is 12.0. The molecule has 0 bridgehead atoms. The van der Waals surface area contributed by atoms with Crippen LogP contribution in [0.3, 0.4) is 0 Å². The number of benzene rings is 1. The van der Waals surface area contributed by atoms with Crippen LogP contribution in [0.1, 0.15) is 44.2 Å². The van der Waals surface area contributed by atoms with E-state index in [9.17, 15) is 14.0 Å². The summed E-state index contributed by atoms with van der Waals surface area (Å²) in [5, 5.41) is 5.75. The summed E-state index contributed by atoms with van der Waals surface area (Å²) in [6.07, 6.45) is 3.46. The van der Waals surface area contributed by atoms with Crippen LogP contribution in [-0.4, -0.2) is 42.6 Å². The number of amides is 3. The van der Waals surface area contributed by atoms with Gasteiger partial charge in [-0.1, -0.05) is 6.07 Å². The minimum Gasteiger partial charge on any atom is -0.496 e. The Kier molecular flexibility index (Phi) is 5.11. The number of nitrogens with one attached hydrogen (secondary N) is 2. The summed E-state index contributed by atoms with van der Waals surface area (Å²) in [7, 11) is 1.46. The number of ether oxygens (including phenoxy) is 1. The summed E-state index contributed by atoms with van der Waals surface area (Å²) in [6, 6.07) is 3.44. The Morgan fingerprint density at radius 2 is 2.08 bits per heavy atom. The van der Waals surface area contributed by atoms with Crippen molar-refractivity contribution in [1.82, 2.24) is 15.5 Å². The highest BCUT2D eigenvalue weighted by molar-refractivity contribution is 5.88. The Bertz CT molecular complexity index is 663. The zero-order valence-corrected chi connectivity index (χ0v) is 14.5. The summed E-state index contributed by atoms with van der Waals surface area (Å²) < 4.78 is 19.4. The third kappa shape index (κ3) is 3.86. The number of likely N-dealkylation sites (tertiary alicyclic amines) is 1. The number of hydrogen-bond acceptors (Lipinski definition) is 3. The van der Waals surface area contributed by atoms with E-state index >= 15 is 0 Å². The molecule has 2 N–H and O–H groups in total. The second-order valence-electron chi connectivity index (χ2n) is 6.66. The van der Waals surface area contributed by atoms with Crippen molar-refractivity contribution in [3.05, 3.63) is 29.6 Å². The van der Waals surface area contributed by atoms with Crippen molar-refractivity contribution in [1.29, 1.82) is 0 Å². The van der Waals surface area contributed by atoms with Gasteiger partial charge in [0.2, 0.25) is 5.91 Å². The predicted octanol–water partition coefficient (Wildman–Crippen LogP) is 2.35. The van der Waals surface area contributed by atoms with Gasteiger partial charge in [0.1, 0.15) is 17.6 Å². The largest absolute Gasteiger partial charge is 0.496 e. The van der Waals surface area contributed by atoms with Gasteiger partial charge in [-0.25, -0.2) is 9.18 Å². The average Bonchev–Trinajstić information content (AvgIpc) is 3.25. The zero-order chi connectivity index (χ0) is 18.0. The fraction of sp³-hybridized carbons (Fsp3) is 0.556. The van der Waals surface area contributed by atoms with Crippen LogP contribution in [0.15, 0.2) is 18.2 Å². The number of halogens is 1. The molecule has 3 amide bonds.